The van der Waals surface area contributed by atoms with E-state index < -0.39 is 0 Å². The van der Waals surface area contributed by atoms with Gasteiger partial charge < -0.3 is 11.1 Å². The van der Waals surface area contributed by atoms with Crippen LogP contribution in [0.25, 0.3) is 0 Å². The molecule has 0 fully saturated rings. The number of carbonyl (C=O) groups excluding carboxylic acids is 1. The maximum Gasteiger partial charge on any atom is 0.271 e. The lowest BCUT2D eigenvalue weighted by atomic mass is 10.4. The van der Waals surface area contributed by atoms with Crippen LogP contribution in [0.1, 0.15) is 15.4 Å². The number of nitrogens with one attached hydrogen (secondary N) is 1. The molecule has 0 aliphatic rings. The molecule has 2 heterocycles. The van der Waals surface area contributed by atoms with Crippen molar-refractivity contribution in [2.24, 2.45) is 0 Å². The standard InChI is InChI=1S/C9H9N5OS/c10-8-4-12-7(3-13-8)9(15)14-2-6-1-11-5-16-6/h1,3-5H,2H2,(H2,10,13)(H,14,15). The third kappa shape index (κ3) is 2.51. The maximum atomic E-state index is 11.6. The van der Waals surface area contributed by atoms with Gasteiger partial charge in [0.25, 0.3) is 5.91 Å². The quantitative estimate of drug-likeness (QED) is 0.805. The smallest absolute Gasteiger partial charge is 0.271 e. The number of nitrogen functional groups attached to an aromatic ring is 1. The maximum absolute atomic E-state index is 11.6. The molecule has 7 heteroatoms. The van der Waals surface area contributed by atoms with Crippen molar-refractivity contribution in [3.05, 3.63) is 34.7 Å². The van der Waals surface area contributed by atoms with Gasteiger partial charge in [-0.2, -0.15) is 0 Å². The molecule has 0 spiro atoms. The van der Waals surface area contributed by atoms with E-state index in [0.29, 0.717) is 12.4 Å². The van der Waals surface area contributed by atoms with E-state index in [4.69, 9.17) is 5.73 Å². The normalized spacial score (nSPS) is 10.0. The van der Waals surface area contributed by atoms with Gasteiger partial charge in [-0.15, -0.1) is 11.3 Å². The van der Waals surface area contributed by atoms with Crippen LogP contribution in [0.4, 0.5) is 5.82 Å². The van der Waals surface area contributed by atoms with Crippen molar-refractivity contribution in [3.63, 3.8) is 0 Å². The van der Waals surface area contributed by atoms with Crippen LogP contribution in [0.5, 0.6) is 0 Å². The second-order valence-corrected chi connectivity index (χ2v) is 3.95. The van der Waals surface area contributed by atoms with Gasteiger partial charge in [-0.25, -0.2) is 9.97 Å². The third-order valence-corrected chi connectivity index (χ3v) is 2.59. The van der Waals surface area contributed by atoms with Crippen molar-refractivity contribution in [3.8, 4) is 0 Å². The Hall–Kier alpha value is -2.02. The van der Waals surface area contributed by atoms with Gasteiger partial charge >= 0.3 is 0 Å². The second-order valence-electron chi connectivity index (χ2n) is 2.98. The highest BCUT2D eigenvalue weighted by atomic mass is 32.1. The summed E-state index contributed by atoms with van der Waals surface area (Å²) in [6.45, 7) is 0.440. The molecule has 2 aromatic heterocycles. The Morgan fingerprint density at radius 3 is 2.88 bits per heavy atom. The lowest BCUT2D eigenvalue weighted by molar-refractivity contribution is 0.0946. The van der Waals surface area contributed by atoms with E-state index in [0.717, 1.165) is 4.88 Å². The number of aromatic nitrogens is 3. The summed E-state index contributed by atoms with van der Waals surface area (Å²) in [7, 11) is 0. The molecule has 0 radical (unpaired) electrons. The lowest BCUT2D eigenvalue weighted by Crippen LogP contribution is -2.23. The van der Waals surface area contributed by atoms with Gasteiger partial charge in [0.1, 0.15) is 11.5 Å². The first-order valence-corrected chi connectivity index (χ1v) is 5.37. The number of nitrogens with two attached hydrogens (primary N) is 1. The molecular formula is C9H9N5OS. The Morgan fingerprint density at radius 1 is 1.38 bits per heavy atom. The molecule has 3 N–H and O–H groups in total. The van der Waals surface area contributed by atoms with E-state index in [-0.39, 0.29) is 11.6 Å². The largest absolute Gasteiger partial charge is 0.382 e. The highest BCUT2D eigenvalue weighted by Crippen LogP contribution is 2.04. The predicted molar refractivity (Wildman–Crippen MR) is 59.7 cm³/mol. The van der Waals surface area contributed by atoms with Crippen molar-refractivity contribution >= 4 is 23.1 Å². The molecule has 6 nitrogen and oxygen atoms in total. The summed E-state index contributed by atoms with van der Waals surface area (Å²) in [5, 5.41) is 2.71. The highest BCUT2D eigenvalue weighted by molar-refractivity contribution is 7.09. The van der Waals surface area contributed by atoms with Gasteiger partial charge in [0.15, 0.2) is 0 Å². The van der Waals surface area contributed by atoms with Crippen LogP contribution in [0, 0.1) is 0 Å². The van der Waals surface area contributed by atoms with Crippen LogP contribution in [0.2, 0.25) is 0 Å². The van der Waals surface area contributed by atoms with Crippen LogP contribution >= 0.6 is 11.3 Å². The number of anilines is 1. The summed E-state index contributed by atoms with van der Waals surface area (Å²) < 4.78 is 0. The minimum absolute atomic E-state index is 0.249. The van der Waals surface area contributed by atoms with Crippen molar-refractivity contribution in [1.29, 1.82) is 0 Å². The summed E-state index contributed by atoms with van der Waals surface area (Å²) in [6.07, 6.45) is 4.40. The molecule has 0 saturated carbocycles. The number of nitrogens with zero attached hydrogens (tertiary/aromatic N) is 3. The van der Waals surface area contributed by atoms with Crippen molar-refractivity contribution in [2.75, 3.05) is 5.73 Å². The fourth-order valence-electron chi connectivity index (χ4n) is 1.04. The van der Waals surface area contributed by atoms with E-state index in [1.807, 2.05) is 0 Å². The summed E-state index contributed by atoms with van der Waals surface area (Å²) in [4.78, 5) is 24.1. The minimum Gasteiger partial charge on any atom is -0.382 e. The molecule has 0 bridgehead atoms. The van der Waals surface area contributed by atoms with Crippen molar-refractivity contribution in [2.45, 2.75) is 6.54 Å². The average molecular weight is 235 g/mol. The first-order chi connectivity index (χ1) is 7.75. The zero-order valence-corrected chi connectivity index (χ0v) is 9.07. The van der Waals surface area contributed by atoms with Crippen LogP contribution in [-0.2, 0) is 6.54 Å². The average Bonchev–Trinajstić information content (AvgIpc) is 2.80. The summed E-state index contributed by atoms with van der Waals surface area (Å²) in [5.41, 5.74) is 7.33. The van der Waals surface area contributed by atoms with E-state index in [2.05, 4.69) is 20.3 Å². The van der Waals surface area contributed by atoms with Crippen molar-refractivity contribution in [1.82, 2.24) is 20.3 Å². The number of rotatable bonds is 3. The third-order valence-electron chi connectivity index (χ3n) is 1.81. The van der Waals surface area contributed by atoms with Crippen LogP contribution in [0.15, 0.2) is 24.1 Å². The monoisotopic (exact) mass is 235 g/mol. The zero-order valence-electron chi connectivity index (χ0n) is 8.25. The SMILES string of the molecule is Nc1cnc(C(=O)NCc2cncs2)cn1. The first-order valence-electron chi connectivity index (χ1n) is 4.49. The topological polar surface area (TPSA) is 93.8 Å². The number of amides is 1. The zero-order chi connectivity index (χ0) is 11.4. The fourth-order valence-corrected chi connectivity index (χ4v) is 1.58. The Kier molecular flexibility index (Phi) is 3.06. The highest BCUT2D eigenvalue weighted by Gasteiger charge is 2.07. The van der Waals surface area contributed by atoms with E-state index in [9.17, 15) is 4.79 Å². The van der Waals surface area contributed by atoms with Crippen LogP contribution in [0.3, 0.4) is 0 Å². The number of hydrogen-bond acceptors (Lipinski definition) is 6. The Bertz CT molecular complexity index is 467. The van der Waals surface area contributed by atoms with E-state index in [1.165, 1.54) is 23.7 Å². The fraction of sp³-hybridized carbons (Fsp3) is 0.111. The number of thiazole rings is 1. The van der Waals surface area contributed by atoms with Crippen molar-refractivity contribution < 1.29 is 4.79 Å². The van der Waals surface area contributed by atoms with Crippen LogP contribution in [-0.4, -0.2) is 20.9 Å². The lowest BCUT2D eigenvalue weighted by Gasteiger charge is -2.02. The van der Waals surface area contributed by atoms with Crippen LogP contribution < -0.4 is 11.1 Å². The molecule has 0 aromatic carbocycles. The van der Waals surface area contributed by atoms with Gasteiger partial charge in [0, 0.05) is 11.1 Å². The summed E-state index contributed by atoms with van der Waals surface area (Å²) >= 11 is 1.48. The Balaban J connectivity index is 1.95. The van der Waals surface area contributed by atoms with Gasteiger partial charge in [-0.1, -0.05) is 0 Å². The second kappa shape index (κ2) is 4.67. The van der Waals surface area contributed by atoms with E-state index in [1.54, 1.807) is 11.7 Å². The molecular weight excluding hydrogens is 226 g/mol. The van der Waals surface area contributed by atoms with Gasteiger partial charge in [0.2, 0.25) is 0 Å². The molecule has 2 rings (SSSR count). The summed E-state index contributed by atoms with van der Waals surface area (Å²) in [6, 6.07) is 0. The van der Waals surface area contributed by atoms with Gasteiger partial charge in [-0.3, -0.25) is 9.78 Å². The number of hydrogen-bond donors (Lipinski definition) is 2. The molecule has 1 amide bonds. The summed E-state index contributed by atoms with van der Waals surface area (Å²) in [5.74, 6) is 0.0138. The molecule has 0 unspecified atom stereocenters. The molecule has 0 aliphatic heterocycles. The predicted octanol–water partition coefficient (Wildman–Crippen LogP) is 0.445. The first kappa shape index (κ1) is 10.5. The number of carbonyl (C=O) groups is 1. The molecule has 0 saturated heterocycles. The molecule has 0 atom stereocenters. The molecule has 2 aromatic rings. The Morgan fingerprint density at radius 2 is 2.25 bits per heavy atom. The Labute approximate surface area is 95.6 Å². The van der Waals surface area contributed by atoms with Gasteiger partial charge in [-0.05, 0) is 0 Å². The minimum atomic E-state index is -0.277. The molecule has 0 aliphatic carbocycles. The van der Waals surface area contributed by atoms with Gasteiger partial charge in [0.05, 0.1) is 24.4 Å². The molecule has 82 valence electrons. The molecule has 16 heavy (non-hydrogen) atoms. The van der Waals surface area contributed by atoms with E-state index >= 15 is 0 Å².